The zero-order valence-electron chi connectivity index (χ0n) is 10.4. The van der Waals surface area contributed by atoms with Gasteiger partial charge in [0.2, 0.25) is 10.0 Å². The zero-order valence-corrected chi connectivity index (χ0v) is 11.2. The fourth-order valence-corrected chi connectivity index (χ4v) is 2.84. The normalized spacial score (nSPS) is 12.9. The van der Waals surface area contributed by atoms with E-state index in [4.69, 9.17) is 10.4 Å². The number of carboxylic acid groups (broad SMARTS) is 1. The third-order valence-corrected chi connectivity index (χ3v) is 3.85. The molecule has 0 bridgehead atoms. The summed E-state index contributed by atoms with van der Waals surface area (Å²) in [7, 11) is -4.11. The van der Waals surface area contributed by atoms with Gasteiger partial charge in [0.15, 0.2) is 5.69 Å². The van der Waals surface area contributed by atoms with Gasteiger partial charge in [-0.1, -0.05) is 13.8 Å². The molecule has 0 aliphatic carbocycles. The van der Waals surface area contributed by atoms with Crippen LogP contribution in [-0.2, 0) is 14.8 Å². The van der Waals surface area contributed by atoms with E-state index < -0.39 is 28.0 Å². The summed E-state index contributed by atoms with van der Waals surface area (Å²) in [6.07, 6.45) is 1.29. The summed E-state index contributed by atoms with van der Waals surface area (Å²) in [6.45, 7) is 3.16. The van der Waals surface area contributed by atoms with Crippen molar-refractivity contribution in [3.05, 3.63) is 24.0 Å². The molecule has 1 aromatic heterocycles. The SMILES string of the molecule is CC(C)[C@@H](NS(=O)(=O)c1cccnc1C#N)C(=O)O. The molecule has 0 aromatic carbocycles. The van der Waals surface area contributed by atoms with Crippen molar-refractivity contribution in [2.45, 2.75) is 24.8 Å². The molecule has 1 heterocycles. The molecule has 0 radical (unpaired) electrons. The van der Waals surface area contributed by atoms with Gasteiger partial charge in [0, 0.05) is 6.20 Å². The van der Waals surface area contributed by atoms with Gasteiger partial charge in [0.05, 0.1) is 0 Å². The Kier molecular flexibility index (Phi) is 4.58. The van der Waals surface area contributed by atoms with Gasteiger partial charge in [0.1, 0.15) is 17.0 Å². The number of aromatic nitrogens is 1. The topological polar surface area (TPSA) is 120 Å². The third kappa shape index (κ3) is 3.49. The van der Waals surface area contributed by atoms with E-state index in [0.717, 1.165) is 0 Å². The van der Waals surface area contributed by atoms with E-state index in [2.05, 4.69) is 9.71 Å². The van der Waals surface area contributed by atoms with Crippen LogP contribution in [-0.4, -0.2) is 30.5 Å². The molecule has 0 aliphatic heterocycles. The Balaban J connectivity index is 3.19. The van der Waals surface area contributed by atoms with Gasteiger partial charge >= 0.3 is 5.97 Å². The van der Waals surface area contributed by atoms with Crippen LogP contribution in [0.5, 0.6) is 0 Å². The quantitative estimate of drug-likeness (QED) is 0.804. The Morgan fingerprint density at radius 2 is 2.16 bits per heavy atom. The van der Waals surface area contributed by atoms with Crippen molar-refractivity contribution < 1.29 is 18.3 Å². The summed E-state index contributed by atoms with van der Waals surface area (Å²) < 4.78 is 26.2. The number of nitrogens with one attached hydrogen (secondary N) is 1. The summed E-state index contributed by atoms with van der Waals surface area (Å²) in [5, 5.41) is 17.8. The average molecular weight is 283 g/mol. The minimum Gasteiger partial charge on any atom is -0.480 e. The van der Waals surface area contributed by atoms with Gasteiger partial charge in [0.25, 0.3) is 0 Å². The van der Waals surface area contributed by atoms with Crippen molar-refractivity contribution in [2.24, 2.45) is 5.92 Å². The molecule has 1 aromatic rings. The van der Waals surface area contributed by atoms with E-state index in [0.29, 0.717) is 0 Å². The number of rotatable bonds is 5. The number of sulfonamides is 1. The Bertz CT molecular complexity index is 619. The molecule has 1 atom stereocenters. The number of aliphatic carboxylic acids is 1. The molecule has 0 saturated heterocycles. The highest BCUT2D eigenvalue weighted by atomic mass is 32.2. The fraction of sp³-hybridized carbons (Fsp3) is 0.364. The Morgan fingerprint density at radius 3 is 2.63 bits per heavy atom. The lowest BCUT2D eigenvalue weighted by Crippen LogP contribution is -2.44. The van der Waals surface area contributed by atoms with E-state index in [1.54, 1.807) is 19.9 Å². The first-order valence-corrected chi connectivity index (χ1v) is 6.88. The predicted molar refractivity (Wildman–Crippen MR) is 65.5 cm³/mol. The maximum atomic E-state index is 12.1. The summed E-state index contributed by atoms with van der Waals surface area (Å²) in [5.41, 5.74) is -0.275. The number of pyridine rings is 1. The van der Waals surface area contributed by atoms with E-state index in [1.165, 1.54) is 18.3 Å². The molecular formula is C11H13N3O4S. The first-order valence-electron chi connectivity index (χ1n) is 5.40. The molecule has 0 amide bonds. The van der Waals surface area contributed by atoms with Crippen LogP contribution in [0.2, 0.25) is 0 Å². The smallest absolute Gasteiger partial charge is 0.322 e. The van der Waals surface area contributed by atoms with Gasteiger partial charge in [-0.2, -0.15) is 9.98 Å². The van der Waals surface area contributed by atoms with E-state index in [1.807, 2.05) is 0 Å². The highest BCUT2D eigenvalue weighted by Gasteiger charge is 2.29. The maximum absolute atomic E-state index is 12.1. The van der Waals surface area contributed by atoms with Gasteiger partial charge in [-0.25, -0.2) is 13.4 Å². The van der Waals surface area contributed by atoms with Crippen LogP contribution in [0.25, 0.3) is 0 Å². The van der Waals surface area contributed by atoms with Crippen LogP contribution in [0.1, 0.15) is 19.5 Å². The van der Waals surface area contributed by atoms with Crippen LogP contribution in [0.3, 0.4) is 0 Å². The summed E-state index contributed by atoms with van der Waals surface area (Å²) >= 11 is 0. The van der Waals surface area contributed by atoms with Crippen molar-refractivity contribution >= 4 is 16.0 Å². The summed E-state index contributed by atoms with van der Waals surface area (Å²) in [6, 6.07) is 2.95. The highest BCUT2D eigenvalue weighted by molar-refractivity contribution is 7.89. The van der Waals surface area contributed by atoms with Crippen molar-refractivity contribution in [2.75, 3.05) is 0 Å². The maximum Gasteiger partial charge on any atom is 0.322 e. The van der Waals surface area contributed by atoms with Crippen molar-refractivity contribution in [3.63, 3.8) is 0 Å². The molecule has 2 N–H and O–H groups in total. The molecule has 0 fully saturated rings. The lowest BCUT2D eigenvalue weighted by Gasteiger charge is -2.18. The molecule has 0 spiro atoms. The second kappa shape index (κ2) is 5.77. The number of carboxylic acids is 1. The molecule has 7 nitrogen and oxygen atoms in total. The highest BCUT2D eigenvalue weighted by Crippen LogP contribution is 2.14. The second-order valence-corrected chi connectivity index (χ2v) is 5.83. The number of hydrogen-bond donors (Lipinski definition) is 2. The van der Waals surface area contributed by atoms with Gasteiger partial charge in [-0.15, -0.1) is 0 Å². The summed E-state index contributed by atoms with van der Waals surface area (Å²) in [4.78, 5) is 14.3. The molecular weight excluding hydrogens is 270 g/mol. The van der Waals surface area contributed by atoms with Crippen LogP contribution in [0.15, 0.2) is 23.2 Å². The average Bonchev–Trinajstić information content (AvgIpc) is 2.35. The van der Waals surface area contributed by atoms with Crippen molar-refractivity contribution in [1.29, 1.82) is 5.26 Å². The number of hydrogen-bond acceptors (Lipinski definition) is 5. The Hall–Kier alpha value is -1.98. The van der Waals surface area contributed by atoms with Crippen molar-refractivity contribution in [3.8, 4) is 6.07 Å². The van der Waals surface area contributed by atoms with Gasteiger partial charge < -0.3 is 5.11 Å². The first kappa shape index (κ1) is 15.1. The number of nitrogens with zero attached hydrogens (tertiary/aromatic N) is 2. The van der Waals surface area contributed by atoms with Crippen molar-refractivity contribution in [1.82, 2.24) is 9.71 Å². The van der Waals surface area contributed by atoms with Crippen LogP contribution in [0, 0.1) is 17.2 Å². The molecule has 0 aliphatic rings. The van der Waals surface area contributed by atoms with E-state index >= 15 is 0 Å². The lowest BCUT2D eigenvalue weighted by molar-refractivity contribution is -0.140. The van der Waals surface area contributed by atoms with Crippen LogP contribution >= 0.6 is 0 Å². The standard InChI is InChI=1S/C11H13N3O4S/c1-7(2)10(11(15)16)14-19(17,18)9-4-3-5-13-8(9)6-12/h3-5,7,10,14H,1-2H3,(H,15,16)/t10-/m1/s1. The first-order chi connectivity index (χ1) is 8.79. The van der Waals surface area contributed by atoms with Gasteiger partial charge in [-0.05, 0) is 18.1 Å². The lowest BCUT2D eigenvalue weighted by atomic mass is 10.1. The predicted octanol–water partition coefficient (Wildman–Crippen LogP) is 0.341. The summed E-state index contributed by atoms with van der Waals surface area (Å²) in [5.74, 6) is -1.71. The fourth-order valence-electron chi connectivity index (χ4n) is 1.39. The van der Waals surface area contributed by atoms with E-state index in [9.17, 15) is 13.2 Å². The van der Waals surface area contributed by atoms with Crippen LogP contribution in [0.4, 0.5) is 0 Å². The molecule has 19 heavy (non-hydrogen) atoms. The minimum absolute atomic E-state index is 0.275. The van der Waals surface area contributed by atoms with Gasteiger partial charge in [-0.3, -0.25) is 4.79 Å². The monoisotopic (exact) mass is 283 g/mol. The number of nitriles is 1. The Labute approximate surface area is 110 Å². The molecule has 1 rings (SSSR count). The minimum atomic E-state index is -4.11. The Morgan fingerprint density at radius 1 is 1.53 bits per heavy atom. The molecule has 8 heteroatoms. The zero-order chi connectivity index (χ0) is 14.6. The second-order valence-electron chi connectivity index (χ2n) is 4.14. The molecule has 0 saturated carbocycles. The third-order valence-electron chi connectivity index (χ3n) is 2.38. The number of carbonyl (C=O) groups is 1. The molecule has 102 valence electrons. The van der Waals surface area contributed by atoms with Crippen LogP contribution < -0.4 is 4.72 Å². The molecule has 0 unspecified atom stereocenters. The largest absolute Gasteiger partial charge is 0.480 e. The van der Waals surface area contributed by atoms with E-state index in [-0.39, 0.29) is 10.6 Å².